The van der Waals surface area contributed by atoms with Crippen molar-refractivity contribution in [3.8, 4) is 11.1 Å². The number of imidazole rings is 2. The summed E-state index contributed by atoms with van der Waals surface area (Å²) in [4.78, 5) is 67.3. The van der Waals surface area contributed by atoms with Gasteiger partial charge in [-0.2, -0.15) is 5.10 Å². The van der Waals surface area contributed by atoms with Gasteiger partial charge in [0.15, 0.2) is 5.82 Å². The van der Waals surface area contributed by atoms with Crippen molar-refractivity contribution < 1.29 is 27.9 Å². The van der Waals surface area contributed by atoms with Gasteiger partial charge in [-0.3, -0.25) is 38.4 Å². The first-order valence-electron chi connectivity index (χ1n) is 28.2. The molecule has 17 nitrogen and oxygen atoms in total. The molecule has 11 heterocycles. The predicted molar refractivity (Wildman–Crippen MR) is 289 cm³/mol. The smallest absolute Gasteiger partial charge is 0.329 e. The number of hydrogen-bond donors (Lipinski definition) is 1. The Labute approximate surface area is 446 Å². The number of para-hydroxylation sites is 1. The lowest BCUT2D eigenvalue weighted by atomic mass is 9.77. The summed E-state index contributed by atoms with van der Waals surface area (Å²) in [5.74, 6) is 0.621. The Morgan fingerprint density at radius 3 is 2.44 bits per heavy atom. The van der Waals surface area contributed by atoms with Crippen LogP contribution in [0.15, 0.2) is 59.8 Å². The van der Waals surface area contributed by atoms with E-state index in [2.05, 4.69) is 46.8 Å². The average molecular weight is 1050 g/mol. The number of benzene rings is 2. The minimum atomic E-state index is -2.72. The lowest BCUT2D eigenvalue weighted by Gasteiger charge is -2.42. The number of rotatable bonds is 10. The lowest BCUT2D eigenvalue weighted by molar-refractivity contribution is -0.135. The molecule has 0 aliphatic carbocycles. The average Bonchev–Trinajstić information content (AvgIpc) is 4.25. The fourth-order valence-corrected chi connectivity index (χ4v) is 14.5. The number of nitrogens with zero attached hydrogens (tertiary/aromatic N) is 11. The molecule has 1 spiro atoms. The first-order valence-corrected chi connectivity index (χ1v) is 28.2. The molecule has 7 aliphatic heterocycles. The molecule has 1 N–H and O–H groups in total. The van der Waals surface area contributed by atoms with Gasteiger partial charge in [0.25, 0.3) is 6.43 Å². The summed E-state index contributed by atoms with van der Waals surface area (Å²) < 4.78 is 44.7. The monoisotopic (exact) mass is 1050 g/mol. The number of ether oxygens (including phenoxy) is 1. The van der Waals surface area contributed by atoms with Crippen LogP contribution in [-0.4, -0.2) is 133 Å². The van der Waals surface area contributed by atoms with Gasteiger partial charge in [-0.25, -0.2) is 18.6 Å². The second-order valence-corrected chi connectivity index (χ2v) is 23.3. The van der Waals surface area contributed by atoms with Crippen LogP contribution in [-0.2, 0) is 52.1 Å². The van der Waals surface area contributed by atoms with E-state index in [4.69, 9.17) is 9.84 Å². The molecular formula is C58H70F2N12O5. The van der Waals surface area contributed by atoms with Gasteiger partial charge in [0.1, 0.15) is 11.7 Å². The molecular weight excluding hydrogens is 983 g/mol. The van der Waals surface area contributed by atoms with Gasteiger partial charge >= 0.3 is 5.69 Å². The SMILES string of the molecule is CC(=O)N1CCc2c(c(N3CCCc4cc(-c5cc6nccn6cc5N5CCC(CN6CCC7(CC6)CCN(Cc6cccc8c6n(C)c(=O)n8C6CCC(=O)NC6=O)C7)CC5)c(C(F)F)cc43)nn2C2CCOCC2)C1. The summed E-state index contributed by atoms with van der Waals surface area (Å²) in [5.41, 5.74) is 9.66. The Balaban J connectivity index is 0.690. The molecule has 406 valence electrons. The van der Waals surface area contributed by atoms with Gasteiger partial charge in [0.2, 0.25) is 17.7 Å². The molecule has 0 saturated carbocycles. The Bertz CT molecular complexity index is 3340. The summed E-state index contributed by atoms with van der Waals surface area (Å²) in [6.07, 6.45) is 13.1. The van der Waals surface area contributed by atoms with E-state index in [0.29, 0.717) is 57.2 Å². The summed E-state index contributed by atoms with van der Waals surface area (Å²) >= 11 is 0. The summed E-state index contributed by atoms with van der Waals surface area (Å²) in [5, 5.41) is 7.72. The molecule has 0 radical (unpaired) electrons. The quantitative estimate of drug-likeness (QED) is 0.138. The van der Waals surface area contributed by atoms with Crippen LogP contribution in [0.1, 0.15) is 118 Å². The van der Waals surface area contributed by atoms with Crippen molar-refractivity contribution in [2.45, 2.75) is 116 Å². The third-order valence-corrected chi connectivity index (χ3v) is 18.7. The van der Waals surface area contributed by atoms with Crippen molar-refractivity contribution in [2.24, 2.45) is 18.4 Å². The fraction of sp³-hybridized carbons (Fsp3) is 0.552. The lowest BCUT2D eigenvalue weighted by Crippen LogP contribution is -2.45. The van der Waals surface area contributed by atoms with E-state index in [0.717, 1.165) is 172 Å². The van der Waals surface area contributed by atoms with Crippen LogP contribution in [0.5, 0.6) is 0 Å². The molecule has 6 aromatic rings. The Morgan fingerprint density at radius 1 is 0.883 bits per heavy atom. The summed E-state index contributed by atoms with van der Waals surface area (Å²) in [6.45, 7) is 12.3. The normalized spacial score (nSPS) is 22.0. The summed E-state index contributed by atoms with van der Waals surface area (Å²) in [6, 6.07) is 11.2. The first kappa shape index (κ1) is 50.1. The number of fused-ring (bicyclic) bond motifs is 4. The van der Waals surface area contributed by atoms with Crippen LogP contribution in [0.25, 0.3) is 27.8 Å². The predicted octanol–water partition coefficient (Wildman–Crippen LogP) is 7.31. The summed E-state index contributed by atoms with van der Waals surface area (Å²) in [7, 11) is 1.78. The first-order chi connectivity index (χ1) is 37.4. The van der Waals surface area contributed by atoms with Gasteiger partial charge in [-0.05, 0) is 136 Å². The van der Waals surface area contributed by atoms with Gasteiger partial charge in [0.05, 0.1) is 29.3 Å². The standard InChI is InChI=1S/C58H70F2N12O5/c1-37(73)68-22-12-46-45(34-68)55(63-72(46)41-13-27-77-28-14-41)70-19-4-6-39-29-42(44(54(59)60)30-49(39)70)43-31-51-61-18-26-69(51)35-50(43)67-20-10-38(11-21-67)32-65-23-15-58(16-24-65)17-25-66(36-58)33-40-5-3-7-47-53(40)64(2)57(76)71(47)48-8-9-52(74)62-56(48)75/h3,5,7,18,26,29-31,35,38,41,48,54H,4,6,8-17,19-25,27-28,32-34,36H2,1-2H3,(H,62,74,75). The van der Waals surface area contributed by atoms with E-state index in [1.54, 1.807) is 35.4 Å². The Morgan fingerprint density at radius 2 is 1.68 bits per heavy atom. The third kappa shape index (κ3) is 9.12. The highest BCUT2D eigenvalue weighted by Crippen LogP contribution is 2.47. The second kappa shape index (κ2) is 20.1. The molecule has 7 aliphatic rings. The largest absolute Gasteiger partial charge is 0.381 e. The number of amides is 3. The number of aryl methyl sites for hydroxylation is 2. The van der Waals surface area contributed by atoms with Crippen molar-refractivity contribution in [1.82, 2.24) is 48.3 Å². The molecule has 13 rings (SSSR count). The van der Waals surface area contributed by atoms with E-state index >= 15 is 8.78 Å². The molecule has 77 heavy (non-hydrogen) atoms. The highest BCUT2D eigenvalue weighted by molar-refractivity contribution is 6.00. The van der Waals surface area contributed by atoms with Crippen molar-refractivity contribution in [3.63, 3.8) is 0 Å². The highest BCUT2D eigenvalue weighted by Gasteiger charge is 2.42. The van der Waals surface area contributed by atoms with E-state index < -0.39 is 18.4 Å². The number of piperidine rings is 3. The maximum atomic E-state index is 15.8. The van der Waals surface area contributed by atoms with Crippen LogP contribution >= 0.6 is 0 Å². The number of likely N-dealkylation sites (tertiary alicyclic amines) is 2. The number of pyridine rings is 1. The zero-order valence-electron chi connectivity index (χ0n) is 44.4. The molecule has 1 atom stereocenters. The topological polar surface area (TPSA) is 151 Å². The van der Waals surface area contributed by atoms with Crippen LogP contribution in [0, 0.1) is 11.3 Å². The van der Waals surface area contributed by atoms with Crippen molar-refractivity contribution in [1.29, 1.82) is 0 Å². The molecule has 19 heteroatoms. The van der Waals surface area contributed by atoms with Gasteiger partial charge in [-0.1, -0.05) is 12.1 Å². The molecule has 5 saturated heterocycles. The van der Waals surface area contributed by atoms with Crippen LogP contribution in [0.4, 0.5) is 26.0 Å². The Hall–Kier alpha value is -6.44. The number of imide groups is 1. The van der Waals surface area contributed by atoms with E-state index in [1.807, 2.05) is 39.8 Å². The number of nitrogens with one attached hydrogen (secondary N) is 1. The minimum absolute atomic E-state index is 0.00470. The number of hydrogen-bond acceptors (Lipinski definition) is 11. The zero-order valence-corrected chi connectivity index (χ0v) is 44.4. The molecule has 3 amide bonds. The maximum Gasteiger partial charge on any atom is 0.329 e. The Kier molecular flexibility index (Phi) is 13.1. The van der Waals surface area contributed by atoms with E-state index in [1.165, 1.54) is 0 Å². The van der Waals surface area contributed by atoms with Crippen molar-refractivity contribution in [2.75, 3.05) is 81.9 Å². The van der Waals surface area contributed by atoms with E-state index in [9.17, 15) is 19.2 Å². The minimum Gasteiger partial charge on any atom is -0.381 e. The van der Waals surface area contributed by atoms with Gasteiger partial charge in [-0.15, -0.1) is 0 Å². The van der Waals surface area contributed by atoms with Crippen LogP contribution in [0.2, 0.25) is 0 Å². The van der Waals surface area contributed by atoms with Crippen molar-refractivity contribution >= 4 is 51.6 Å². The van der Waals surface area contributed by atoms with Gasteiger partial charge in [0, 0.05) is 133 Å². The number of alkyl halides is 2. The van der Waals surface area contributed by atoms with Crippen LogP contribution < -0.4 is 20.8 Å². The van der Waals surface area contributed by atoms with Gasteiger partial charge < -0.3 is 28.7 Å². The van der Waals surface area contributed by atoms with E-state index in [-0.39, 0.29) is 40.9 Å². The molecule has 4 aromatic heterocycles. The molecule has 1 unspecified atom stereocenters. The maximum absolute atomic E-state index is 15.8. The molecule has 0 bridgehead atoms. The second-order valence-electron chi connectivity index (χ2n) is 23.3. The van der Waals surface area contributed by atoms with Crippen LogP contribution in [0.3, 0.4) is 0 Å². The number of carbonyl (C=O) groups is 3. The highest BCUT2D eigenvalue weighted by atomic mass is 19.3. The zero-order chi connectivity index (χ0) is 52.7. The van der Waals surface area contributed by atoms with Crippen molar-refractivity contribution in [3.05, 3.63) is 93.4 Å². The third-order valence-electron chi connectivity index (χ3n) is 18.7. The molecule has 2 aromatic carbocycles. The number of aromatic nitrogens is 6. The molecule has 5 fully saturated rings. The fourth-order valence-electron chi connectivity index (χ4n) is 14.5. The number of carbonyl (C=O) groups excluding carboxylic acids is 3. The number of halogens is 2. The number of anilines is 3.